The number of nitrogens with zero attached hydrogens (tertiary/aromatic N) is 1. The van der Waals surface area contributed by atoms with E-state index in [9.17, 15) is 4.79 Å². The number of benzene rings is 1. The molecule has 1 aromatic carbocycles. The third-order valence-electron chi connectivity index (χ3n) is 4.60. The van der Waals surface area contributed by atoms with Crippen molar-refractivity contribution in [2.45, 2.75) is 25.0 Å². The van der Waals surface area contributed by atoms with Gasteiger partial charge in [-0.25, -0.2) is 0 Å². The molecule has 2 aromatic rings. The van der Waals surface area contributed by atoms with Crippen LogP contribution in [-0.2, 0) is 14.3 Å². The smallest absolute Gasteiger partial charge is 0.227 e. The highest BCUT2D eigenvalue weighted by Gasteiger charge is 2.38. The van der Waals surface area contributed by atoms with Crippen LogP contribution in [0.15, 0.2) is 30.5 Å². The summed E-state index contributed by atoms with van der Waals surface area (Å²) in [4.78, 5) is 17.1. The largest absolute Gasteiger partial charge is 0.497 e. The third-order valence-corrected chi connectivity index (χ3v) is 4.60. The van der Waals surface area contributed by atoms with Crippen molar-refractivity contribution in [1.82, 2.24) is 4.98 Å². The highest BCUT2D eigenvalue weighted by molar-refractivity contribution is 6.01. The van der Waals surface area contributed by atoms with Crippen molar-refractivity contribution in [2.75, 3.05) is 26.6 Å². The lowest BCUT2D eigenvalue weighted by Gasteiger charge is -2.15. The first-order valence-corrected chi connectivity index (χ1v) is 7.95. The van der Waals surface area contributed by atoms with Gasteiger partial charge in [0.2, 0.25) is 5.91 Å². The second-order valence-corrected chi connectivity index (χ2v) is 5.96. The number of nitrogens with one attached hydrogen (secondary N) is 1. The van der Waals surface area contributed by atoms with E-state index >= 15 is 0 Å². The van der Waals surface area contributed by atoms with Crippen LogP contribution in [0.1, 0.15) is 12.8 Å². The van der Waals surface area contributed by atoms with Gasteiger partial charge in [-0.05, 0) is 25.0 Å². The fourth-order valence-electron chi connectivity index (χ4n) is 3.28. The maximum Gasteiger partial charge on any atom is 0.227 e. The number of ether oxygens (including phenoxy) is 3. The Labute approximate surface area is 141 Å². The summed E-state index contributed by atoms with van der Waals surface area (Å²) in [5, 5.41) is 3.92. The summed E-state index contributed by atoms with van der Waals surface area (Å²) < 4.78 is 16.1. The van der Waals surface area contributed by atoms with Gasteiger partial charge in [-0.15, -0.1) is 0 Å². The van der Waals surface area contributed by atoms with E-state index in [4.69, 9.17) is 14.2 Å². The first-order chi connectivity index (χ1) is 11.7. The molecule has 1 aliphatic carbocycles. The predicted octanol–water partition coefficient (Wildman–Crippen LogP) is 2.62. The van der Waals surface area contributed by atoms with Crippen molar-refractivity contribution in [2.24, 2.45) is 5.92 Å². The van der Waals surface area contributed by atoms with Crippen LogP contribution < -0.4 is 10.1 Å². The number of pyridine rings is 1. The molecule has 2 atom stereocenters. The summed E-state index contributed by atoms with van der Waals surface area (Å²) in [7, 11) is 4.90. The van der Waals surface area contributed by atoms with Crippen LogP contribution in [0.5, 0.6) is 5.75 Å². The maximum atomic E-state index is 12.7. The second-order valence-electron chi connectivity index (χ2n) is 5.96. The summed E-state index contributed by atoms with van der Waals surface area (Å²) in [6.07, 6.45) is 2.91. The van der Waals surface area contributed by atoms with Crippen molar-refractivity contribution in [1.29, 1.82) is 0 Å². The molecule has 0 spiro atoms. The summed E-state index contributed by atoms with van der Waals surface area (Å²) in [5.41, 5.74) is 1.40. The van der Waals surface area contributed by atoms with E-state index in [-0.39, 0.29) is 24.0 Å². The molecule has 3 rings (SSSR count). The SMILES string of the molecule is COc1cc(NC(=O)C2C[C@@H](OC)[C@H](OC)C2)c2ncccc2c1. The maximum absolute atomic E-state index is 12.7. The summed E-state index contributed by atoms with van der Waals surface area (Å²) in [6.45, 7) is 0. The van der Waals surface area contributed by atoms with Crippen LogP contribution in [0.4, 0.5) is 5.69 Å². The lowest BCUT2D eigenvalue weighted by atomic mass is 10.1. The molecule has 1 aliphatic rings. The zero-order valence-corrected chi connectivity index (χ0v) is 14.1. The van der Waals surface area contributed by atoms with Crippen molar-refractivity contribution in [3.05, 3.63) is 30.5 Å². The average Bonchev–Trinajstić information content (AvgIpc) is 3.05. The van der Waals surface area contributed by atoms with Gasteiger partial charge in [-0.1, -0.05) is 6.07 Å². The van der Waals surface area contributed by atoms with Crippen LogP contribution in [-0.4, -0.2) is 44.4 Å². The van der Waals surface area contributed by atoms with Crippen LogP contribution in [0.3, 0.4) is 0 Å². The Hall–Kier alpha value is -2.18. The number of aromatic nitrogens is 1. The van der Waals surface area contributed by atoms with Crippen molar-refractivity contribution >= 4 is 22.5 Å². The van der Waals surface area contributed by atoms with Crippen LogP contribution in [0, 0.1) is 5.92 Å². The molecule has 1 N–H and O–H groups in total. The molecule has 0 radical (unpaired) electrons. The van der Waals surface area contributed by atoms with Crippen molar-refractivity contribution in [3.63, 3.8) is 0 Å². The number of hydrogen-bond donors (Lipinski definition) is 1. The molecule has 1 fully saturated rings. The lowest BCUT2D eigenvalue weighted by Crippen LogP contribution is -2.23. The number of carbonyl (C=O) groups excluding carboxylic acids is 1. The Morgan fingerprint density at radius 2 is 1.88 bits per heavy atom. The number of amides is 1. The predicted molar refractivity (Wildman–Crippen MR) is 91.2 cm³/mol. The Bertz CT molecular complexity index is 722. The van der Waals surface area contributed by atoms with Gasteiger partial charge >= 0.3 is 0 Å². The fourth-order valence-corrected chi connectivity index (χ4v) is 3.28. The monoisotopic (exact) mass is 330 g/mol. The first kappa shape index (κ1) is 16.7. The van der Waals surface area contributed by atoms with Gasteiger partial charge in [0.25, 0.3) is 0 Å². The van der Waals surface area contributed by atoms with Crippen LogP contribution in [0.25, 0.3) is 10.9 Å². The molecule has 0 bridgehead atoms. The number of carbonyl (C=O) groups is 1. The number of rotatable bonds is 5. The molecule has 0 unspecified atom stereocenters. The Morgan fingerprint density at radius 1 is 1.17 bits per heavy atom. The lowest BCUT2D eigenvalue weighted by molar-refractivity contribution is -0.120. The molecule has 6 heteroatoms. The molecule has 0 saturated heterocycles. The van der Waals surface area contributed by atoms with Gasteiger partial charge in [0.15, 0.2) is 0 Å². The summed E-state index contributed by atoms with van der Waals surface area (Å²) >= 11 is 0. The van der Waals surface area contributed by atoms with Gasteiger partial charge in [0.05, 0.1) is 30.5 Å². The van der Waals surface area contributed by atoms with Gasteiger partial charge in [0, 0.05) is 37.8 Å². The minimum absolute atomic E-state index is 0.0446. The molecule has 128 valence electrons. The topological polar surface area (TPSA) is 69.7 Å². The molecular formula is C18H22N2O4. The van der Waals surface area contributed by atoms with Crippen molar-refractivity contribution in [3.8, 4) is 5.75 Å². The minimum Gasteiger partial charge on any atom is -0.497 e. The van der Waals surface area contributed by atoms with E-state index in [1.165, 1.54) is 0 Å². The van der Waals surface area contributed by atoms with Gasteiger partial charge < -0.3 is 19.5 Å². The highest BCUT2D eigenvalue weighted by Crippen LogP contribution is 2.33. The van der Waals surface area contributed by atoms with E-state index < -0.39 is 0 Å². The molecule has 1 saturated carbocycles. The fraction of sp³-hybridized carbons (Fsp3) is 0.444. The van der Waals surface area contributed by atoms with E-state index in [2.05, 4.69) is 10.3 Å². The van der Waals surface area contributed by atoms with E-state index in [0.29, 0.717) is 24.3 Å². The zero-order valence-electron chi connectivity index (χ0n) is 14.1. The minimum atomic E-state index is -0.148. The van der Waals surface area contributed by atoms with Crippen LogP contribution in [0.2, 0.25) is 0 Å². The molecule has 1 aromatic heterocycles. The Kier molecular flexibility index (Phi) is 4.97. The number of anilines is 1. The molecular weight excluding hydrogens is 308 g/mol. The van der Waals surface area contributed by atoms with Gasteiger partial charge in [-0.2, -0.15) is 0 Å². The molecule has 0 aliphatic heterocycles. The summed E-state index contributed by atoms with van der Waals surface area (Å²) in [6, 6.07) is 7.49. The second kappa shape index (κ2) is 7.15. The van der Waals surface area contributed by atoms with E-state index in [1.807, 2.05) is 18.2 Å². The summed E-state index contributed by atoms with van der Waals surface area (Å²) in [5.74, 6) is 0.489. The van der Waals surface area contributed by atoms with E-state index in [1.54, 1.807) is 33.6 Å². The first-order valence-electron chi connectivity index (χ1n) is 7.95. The zero-order chi connectivity index (χ0) is 17.1. The average molecular weight is 330 g/mol. The number of hydrogen-bond acceptors (Lipinski definition) is 5. The molecule has 1 heterocycles. The highest BCUT2D eigenvalue weighted by atomic mass is 16.5. The number of fused-ring (bicyclic) bond motifs is 1. The third kappa shape index (κ3) is 3.20. The number of methoxy groups -OCH3 is 3. The van der Waals surface area contributed by atoms with E-state index in [0.717, 1.165) is 10.9 Å². The Morgan fingerprint density at radius 3 is 2.50 bits per heavy atom. The van der Waals surface area contributed by atoms with Gasteiger partial charge in [-0.3, -0.25) is 9.78 Å². The molecule has 24 heavy (non-hydrogen) atoms. The Balaban J connectivity index is 1.83. The molecule has 6 nitrogen and oxygen atoms in total. The quantitative estimate of drug-likeness (QED) is 0.912. The van der Waals surface area contributed by atoms with Crippen LogP contribution >= 0.6 is 0 Å². The standard InChI is InChI=1S/C18H22N2O4/c1-22-13-7-11-5-4-6-19-17(11)14(10-13)20-18(21)12-8-15(23-2)16(9-12)24-3/h4-7,10,12,15-16H,8-9H2,1-3H3,(H,20,21)/t15-,16-/m1/s1. The van der Waals surface area contributed by atoms with Crippen molar-refractivity contribution < 1.29 is 19.0 Å². The molecule has 1 amide bonds. The normalized spacial score (nSPS) is 21.1. The van der Waals surface area contributed by atoms with Gasteiger partial charge in [0.1, 0.15) is 5.75 Å².